The predicted octanol–water partition coefficient (Wildman–Crippen LogP) is 1.16. The van der Waals surface area contributed by atoms with Crippen molar-refractivity contribution < 1.29 is 4.74 Å². The van der Waals surface area contributed by atoms with Crippen LogP contribution in [0.3, 0.4) is 0 Å². The minimum absolute atomic E-state index is 0.129. The lowest BCUT2D eigenvalue weighted by molar-refractivity contribution is 0.250. The van der Waals surface area contributed by atoms with Gasteiger partial charge in [-0.15, -0.1) is 0 Å². The van der Waals surface area contributed by atoms with E-state index < -0.39 is 0 Å². The molecular formula is C18H22N6O2. The van der Waals surface area contributed by atoms with Crippen LogP contribution in [0, 0.1) is 0 Å². The van der Waals surface area contributed by atoms with Crippen molar-refractivity contribution in [3.8, 4) is 5.75 Å². The number of anilines is 2. The molecule has 0 atom stereocenters. The van der Waals surface area contributed by atoms with Gasteiger partial charge >= 0.3 is 0 Å². The van der Waals surface area contributed by atoms with Gasteiger partial charge in [0.1, 0.15) is 11.4 Å². The van der Waals surface area contributed by atoms with Gasteiger partial charge in [-0.05, 0) is 29.8 Å². The third-order valence-electron chi connectivity index (χ3n) is 4.85. The van der Waals surface area contributed by atoms with E-state index in [0.29, 0.717) is 17.6 Å². The van der Waals surface area contributed by atoms with Crippen molar-refractivity contribution in [2.45, 2.75) is 6.54 Å². The SMILES string of the molecule is COc1ccc(N2CCN(Cc3c[nH]c4nc(N)[nH]c(=O)c34)CC2)cc1. The molecule has 0 spiro atoms. The molecule has 0 radical (unpaired) electrons. The maximum Gasteiger partial charge on any atom is 0.262 e. The molecule has 1 aliphatic heterocycles. The van der Waals surface area contributed by atoms with E-state index in [9.17, 15) is 4.79 Å². The molecule has 2 aromatic heterocycles. The molecule has 26 heavy (non-hydrogen) atoms. The molecule has 4 rings (SSSR count). The van der Waals surface area contributed by atoms with Gasteiger partial charge in [-0.25, -0.2) is 0 Å². The maximum absolute atomic E-state index is 12.2. The summed E-state index contributed by atoms with van der Waals surface area (Å²) in [7, 11) is 1.67. The van der Waals surface area contributed by atoms with Crippen molar-refractivity contribution in [1.29, 1.82) is 0 Å². The number of hydrogen-bond acceptors (Lipinski definition) is 6. The Morgan fingerprint density at radius 2 is 1.92 bits per heavy atom. The van der Waals surface area contributed by atoms with E-state index in [1.165, 1.54) is 5.69 Å². The van der Waals surface area contributed by atoms with Crippen molar-refractivity contribution in [1.82, 2.24) is 19.9 Å². The zero-order chi connectivity index (χ0) is 18.1. The van der Waals surface area contributed by atoms with Gasteiger partial charge in [0.05, 0.1) is 12.5 Å². The van der Waals surface area contributed by atoms with Crippen molar-refractivity contribution in [2.75, 3.05) is 43.9 Å². The van der Waals surface area contributed by atoms with Crippen molar-refractivity contribution in [3.63, 3.8) is 0 Å². The molecule has 0 unspecified atom stereocenters. The standard InChI is InChI=1S/C18H22N6O2/c1-26-14-4-2-13(3-5-14)24-8-6-23(7-9-24)11-12-10-20-16-15(12)17(25)22-18(19)21-16/h2-5,10H,6-9,11H2,1H3,(H4,19,20,21,22,25). The van der Waals surface area contributed by atoms with Crippen LogP contribution in [0.5, 0.6) is 5.75 Å². The Bertz CT molecular complexity index is 954. The minimum atomic E-state index is -0.194. The molecule has 3 heterocycles. The van der Waals surface area contributed by atoms with Crippen LogP contribution in [-0.4, -0.2) is 53.1 Å². The molecule has 136 valence electrons. The van der Waals surface area contributed by atoms with Gasteiger partial charge < -0.3 is 20.4 Å². The normalized spacial score (nSPS) is 15.5. The summed E-state index contributed by atoms with van der Waals surface area (Å²) in [5.41, 5.74) is 8.10. The van der Waals surface area contributed by atoms with Crippen molar-refractivity contribution >= 4 is 22.7 Å². The van der Waals surface area contributed by atoms with Gasteiger partial charge in [0.2, 0.25) is 5.95 Å². The number of piperazine rings is 1. The van der Waals surface area contributed by atoms with Crippen LogP contribution in [0.1, 0.15) is 5.56 Å². The average molecular weight is 354 g/mol. The lowest BCUT2D eigenvalue weighted by atomic mass is 10.2. The summed E-state index contributed by atoms with van der Waals surface area (Å²) in [5, 5.41) is 0.594. The number of hydrogen-bond donors (Lipinski definition) is 3. The quantitative estimate of drug-likeness (QED) is 0.650. The van der Waals surface area contributed by atoms with Crippen LogP contribution in [0.2, 0.25) is 0 Å². The highest BCUT2D eigenvalue weighted by Gasteiger charge is 2.19. The summed E-state index contributed by atoms with van der Waals surface area (Å²) >= 11 is 0. The van der Waals surface area contributed by atoms with E-state index in [1.807, 2.05) is 18.3 Å². The zero-order valence-electron chi connectivity index (χ0n) is 14.7. The molecule has 1 aromatic carbocycles. The molecule has 1 fully saturated rings. The monoisotopic (exact) mass is 354 g/mol. The van der Waals surface area contributed by atoms with Gasteiger partial charge in [-0.2, -0.15) is 4.98 Å². The summed E-state index contributed by atoms with van der Waals surface area (Å²) in [4.78, 5) is 26.6. The number of rotatable bonds is 4. The second kappa shape index (κ2) is 6.72. The summed E-state index contributed by atoms with van der Waals surface area (Å²) in [6.45, 7) is 4.45. The number of aromatic nitrogens is 3. The Morgan fingerprint density at radius 3 is 2.62 bits per heavy atom. The highest BCUT2D eigenvalue weighted by atomic mass is 16.5. The predicted molar refractivity (Wildman–Crippen MR) is 102 cm³/mol. The van der Waals surface area contributed by atoms with Crippen LogP contribution in [-0.2, 0) is 6.54 Å². The fraction of sp³-hybridized carbons (Fsp3) is 0.333. The van der Waals surface area contributed by atoms with Crippen molar-refractivity contribution in [3.05, 3.63) is 46.4 Å². The molecule has 0 bridgehead atoms. The highest BCUT2D eigenvalue weighted by Crippen LogP contribution is 2.22. The molecule has 0 amide bonds. The van der Waals surface area contributed by atoms with E-state index >= 15 is 0 Å². The fourth-order valence-corrected chi connectivity index (χ4v) is 3.44. The van der Waals surface area contributed by atoms with E-state index in [4.69, 9.17) is 10.5 Å². The van der Waals surface area contributed by atoms with Crippen LogP contribution in [0.15, 0.2) is 35.3 Å². The molecule has 1 aliphatic rings. The molecule has 4 N–H and O–H groups in total. The smallest absolute Gasteiger partial charge is 0.262 e. The highest BCUT2D eigenvalue weighted by molar-refractivity contribution is 5.79. The maximum atomic E-state index is 12.2. The first-order valence-corrected chi connectivity index (χ1v) is 8.61. The average Bonchev–Trinajstić information content (AvgIpc) is 3.05. The number of nitrogens with two attached hydrogens (primary N) is 1. The van der Waals surface area contributed by atoms with E-state index in [2.05, 4.69) is 36.9 Å². The molecule has 3 aromatic rings. The summed E-state index contributed by atoms with van der Waals surface area (Å²) < 4.78 is 5.21. The van der Waals surface area contributed by atoms with E-state index in [0.717, 1.165) is 37.5 Å². The largest absolute Gasteiger partial charge is 0.497 e. The van der Waals surface area contributed by atoms with Gasteiger partial charge in [0.15, 0.2) is 0 Å². The van der Waals surface area contributed by atoms with Gasteiger partial charge in [0.25, 0.3) is 5.56 Å². The molecular weight excluding hydrogens is 332 g/mol. The second-order valence-corrected chi connectivity index (χ2v) is 6.45. The first kappa shape index (κ1) is 16.5. The Kier molecular flexibility index (Phi) is 4.26. The van der Waals surface area contributed by atoms with Crippen molar-refractivity contribution in [2.24, 2.45) is 0 Å². The van der Waals surface area contributed by atoms with Crippen LogP contribution in [0.25, 0.3) is 11.0 Å². The number of aromatic amines is 2. The van der Waals surface area contributed by atoms with Gasteiger partial charge in [-0.3, -0.25) is 14.7 Å². The first-order valence-electron chi connectivity index (χ1n) is 8.61. The number of benzene rings is 1. The van der Waals surface area contributed by atoms with Crippen LogP contribution in [0.4, 0.5) is 11.6 Å². The fourth-order valence-electron chi connectivity index (χ4n) is 3.44. The Labute approximate surface area is 150 Å². The summed E-state index contributed by atoms with van der Waals surface area (Å²) in [5.74, 6) is 0.996. The van der Waals surface area contributed by atoms with Crippen LogP contribution < -0.4 is 20.9 Å². The third kappa shape index (κ3) is 3.11. The molecule has 0 saturated carbocycles. The molecule has 1 saturated heterocycles. The zero-order valence-corrected chi connectivity index (χ0v) is 14.7. The van der Waals surface area contributed by atoms with Crippen LogP contribution >= 0.6 is 0 Å². The first-order chi connectivity index (χ1) is 12.6. The number of nitrogens with one attached hydrogen (secondary N) is 2. The number of H-pyrrole nitrogens is 2. The number of fused-ring (bicyclic) bond motifs is 1. The molecule has 8 nitrogen and oxygen atoms in total. The van der Waals surface area contributed by atoms with E-state index in [1.54, 1.807) is 7.11 Å². The topological polar surface area (TPSA) is 103 Å². The number of methoxy groups -OCH3 is 1. The molecule has 0 aliphatic carbocycles. The summed E-state index contributed by atoms with van der Waals surface area (Å²) in [6, 6.07) is 8.14. The lowest BCUT2D eigenvalue weighted by Gasteiger charge is -2.36. The number of nitrogen functional groups attached to an aromatic ring is 1. The number of ether oxygens (including phenoxy) is 1. The molecule has 8 heteroatoms. The van der Waals surface area contributed by atoms with E-state index in [-0.39, 0.29) is 11.5 Å². The summed E-state index contributed by atoms with van der Waals surface area (Å²) in [6.07, 6.45) is 1.85. The third-order valence-corrected chi connectivity index (χ3v) is 4.85. The number of nitrogens with zero attached hydrogens (tertiary/aromatic N) is 3. The second-order valence-electron chi connectivity index (χ2n) is 6.45. The Morgan fingerprint density at radius 1 is 1.19 bits per heavy atom. The van der Waals surface area contributed by atoms with Gasteiger partial charge in [0, 0.05) is 44.6 Å². The Balaban J connectivity index is 1.43. The Hall–Kier alpha value is -3.00. The lowest BCUT2D eigenvalue weighted by Crippen LogP contribution is -2.46. The van der Waals surface area contributed by atoms with Gasteiger partial charge in [-0.1, -0.05) is 0 Å². The minimum Gasteiger partial charge on any atom is -0.497 e.